The second-order valence-corrected chi connectivity index (χ2v) is 2.71. The van der Waals surface area contributed by atoms with Crippen molar-refractivity contribution in [1.29, 1.82) is 0 Å². The Hall–Kier alpha value is -1.22. The molecule has 0 saturated heterocycles. The Morgan fingerprint density at radius 2 is 2.38 bits per heavy atom. The molecule has 4 heteroatoms. The summed E-state index contributed by atoms with van der Waals surface area (Å²) in [7, 11) is 0. The van der Waals surface area contributed by atoms with E-state index in [9.17, 15) is 0 Å². The van der Waals surface area contributed by atoms with Gasteiger partial charge in [0.1, 0.15) is 5.75 Å². The quantitative estimate of drug-likeness (QED) is 0.462. The average Bonchev–Trinajstić information content (AvgIpc) is 2.18. The normalized spacial score (nSPS) is 11.4. The third-order valence-corrected chi connectivity index (χ3v) is 1.76. The molecule has 1 aromatic carbocycles. The minimum atomic E-state index is 0.0570. The molecule has 3 nitrogen and oxygen atoms in total. The summed E-state index contributed by atoms with van der Waals surface area (Å²) in [5.74, 6) is 0.710. The molecule has 0 aliphatic carbocycles. The van der Waals surface area contributed by atoms with E-state index in [0.29, 0.717) is 17.9 Å². The fourth-order valence-electron chi connectivity index (χ4n) is 0.939. The summed E-state index contributed by atoms with van der Waals surface area (Å²) in [6.45, 7) is 2.49. The molecule has 0 radical (unpaired) electrons. The monoisotopic (exact) mass is 199 g/mol. The molecular weight excluding hydrogens is 190 g/mol. The number of benzene rings is 1. The van der Waals surface area contributed by atoms with Crippen LogP contribution >= 0.6 is 11.6 Å². The van der Waals surface area contributed by atoms with Crippen LogP contribution in [0.4, 0.5) is 0 Å². The Bertz CT molecular complexity index is 312. The molecule has 0 amide bonds. The van der Waals surface area contributed by atoms with Crippen LogP contribution in [-0.4, -0.2) is 17.0 Å². The molecule has 1 rings (SSSR count). The number of rotatable bonds is 3. The zero-order valence-corrected chi connectivity index (χ0v) is 7.95. The van der Waals surface area contributed by atoms with E-state index in [2.05, 4.69) is 5.16 Å². The first-order valence-corrected chi connectivity index (χ1v) is 4.26. The molecular formula is C9H10ClNO2. The van der Waals surface area contributed by atoms with Crippen LogP contribution in [0.1, 0.15) is 12.5 Å². The molecule has 0 aliphatic heterocycles. The molecule has 0 atom stereocenters. The standard InChI is InChI=1S/C9H10ClNO2/c1-2-13-8-5-3-4-7(6-8)9(10)11-12/h3-6,12H,2H2,1H3/b11-9+. The van der Waals surface area contributed by atoms with Gasteiger partial charge in [-0.1, -0.05) is 28.9 Å². The van der Waals surface area contributed by atoms with Gasteiger partial charge in [0.15, 0.2) is 5.17 Å². The van der Waals surface area contributed by atoms with Gasteiger partial charge in [-0.2, -0.15) is 0 Å². The van der Waals surface area contributed by atoms with Crippen molar-refractivity contribution in [2.24, 2.45) is 5.16 Å². The second-order valence-electron chi connectivity index (χ2n) is 2.35. The van der Waals surface area contributed by atoms with Crippen molar-refractivity contribution >= 4 is 16.8 Å². The first-order valence-electron chi connectivity index (χ1n) is 3.88. The summed E-state index contributed by atoms with van der Waals surface area (Å²) >= 11 is 5.61. The topological polar surface area (TPSA) is 41.8 Å². The molecule has 0 bridgehead atoms. The van der Waals surface area contributed by atoms with Crippen LogP contribution in [0, 0.1) is 0 Å². The van der Waals surface area contributed by atoms with Crippen LogP contribution in [0.15, 0.2) is 29.4 Å². The lowest BCUT2D eigenvalue weighted by Crippen LogP contribution is -1.95. The average molecular weight is 200 g/mol. The van der Waals surface area contributed by atoms with E-state index in [1.807, 2.05) is 13.0 Å². The maximum atomic E-state index is 8.42. The summed E-state index contributed by atoms with van der Waals surface area (Å²) < 4.78 is 5.25. The van der Waals surface area contributed by atoms with Crippen molar-refractivity contribution in [2.45, 2.75) is 6.92 Å². The smallest absolute Gasteiger partial charge is 0.175 e. The Morgan fingerprint density at radius 1 is 1.62 bits per heavy atom. The number of hydrogen-bond donors (Lipinski definition) is 1. The Kier molecular flexibility index (Phi) is 3.58. The SMILES string of the molecule is CCOc1cccc(/C(Cl)=N\O)c1. The molecule has 0 fully saturated rings. The number of hydrogen-bond acceptors (Lipinski definition) is 3. The van der Waals surface area contributed by atoms with E-state index in [1.165, 1.54) is 0 Å². The summed E-state index contributed by atoms with van der Waals surface area (Å²) in [5, 5.41) is 11.4. The van der Waals surface area contributed by atoms with Crippen LogP contribution < -0.4 is 4.74 Å². The Balaban J connectivity index is 2.91. The van der Waals surface area contributed by atoms with Gasteiger partial charge in [0.2, 0.25) is 0 Å². The molecule has 0 aliphatic rings. The zero-order chi connectivity index (χ0) is 9.68. The van der Waals surface area contributed by atoms with Gasteiger partial charge in [-0.05, 0) is 19.1 Å². The number of nitrogens with zero attached hydrogens (tertiary/aromatic N) is 1. The minimum Gasteiger partial charge on any atom is -0.494 e. The van der Waals surface area contributed by atoms with Gasteiger partial charge in [-0.25, -0.2) is 0 Å². The van der Waals surface area contributed by atoms with Crippen molar-refractivity contribution in [3.63, 3.8) is 0 Å². The molecule has 0 aromatic heterocycles. The summed E-state index contributed by atoms with van der Waals surface area (Å²) in [5.41, 5.74) is 0.634. The third-order valence-electron chi connectivity index (χ3n) is 1.47. The third kappa shape index (κ3) is 2.63. The predicted octanol–water partition coefficient (Wildman–Crippen LogP) is 2.46. The largest absolute Gasteiger partial charge is 0.494 e. The zero-order valence-electron chi connectivity index (χ0n) is 7.20. The van der Waals surface area contributed by atoms with Gasteiger partial charge in [0.25, 0.3) is 0 Å². The molecule has 13 heavy (non-hydrogen) atoms. The summed E-state index contributed by atoms with van der Waals surface area (Å²) in [6, 6.07) is 7.05. The van der Waals surface area contributed by atoms with E-state index in [1.54, 1.807) is 18.2 Å². The number of oxime groups is 1. The lowest BCUT2D eigenvalue weighted by Gasteiger charge is -2.03. The highest BCUT2D eigenvalue weighted by Gasteiger charge is 2.01. The second kappa shape index (κ2) is 4.72. The van der Waals surface area contributed by atoms with E-state index in [0.717, 1.165) is 0 Å². The maximum Gasteiger partial charge on any atom is 0.175 e. The highest BCUT2D eigenvalue weighted by atomic mass is 35.5. The van der Waals surface area contributed by atoms with Gasteiger partial charge in [-0.3, -0.25) is 0 Å². The Morgan fingerprint density at radius 3 is 3.00 bits per heavy atom. The van der Waals surface area contributed by atoms with Crippen molar-refractivity contribution in [1.82, 2.24) is 0 Å². The van der Waals surface area contributed by atoms with Crippen LogP contribution in [0.5, 0.6) is 5.75 Å². The molecule has 0 heterocycles. The fraction of sp³-hybridized carbons (Fsp3) is 0.222. The van der Waals surface area contributed by atoms with Crippen molar-refractivity contribution < 1.29 is 9.94 Å². The molecule has 0 unspecified atom stereocenters. The van der Waals surface area contributed by atoms with E-state index < -0.39 is 0 Å². The lowest BCUT2D eigenvalue weighted by molar-refractivity contribution is 0.320. The highest BCUT2D eigenvalue weighted by Crippen LogP contribution is 2.15. The van der Waals surface area contributed by atoms with Crippen LogP contribution in [0.25, 0.3) is 0 Å². The van der Waals surface area contributed by atoms with Crippen molar-refractivity contribution in [3.8, 4) is 5.75 Å². The van der Waals surface area contributed by atoms with E-state index >= 15 is 0 Å². The van der Waals surface area contributed by atoms with Crippen LogP contribution in [0.2, 0.25) is 0 Å². The molecule has 0 spiro atoms. The summed E-state index contributed by atoms with van der Waals surface area (Å²) in [6.07, 6.45) is 0. The lowest BCUT2D eigenvalue weighted by atomic mass is 10.2. The van der Waals surface area contributed by atoms with Gasteiger partial charge < -0.3 is 9.94 Å². The van der Waals surface area contributed by atoms with Gasteiger partial charge in [0, 0.05) is 5.56 Å². The van der Waals surface area contributed by atoms with Gasteiger partial charge in [-0.15, -0.1) is 0 Å². The summed E-state index contributed by atoms with van der Waals surface area (Å²) in [4.78, 5) is 0. The molecule has 0 saturated carbocycles. The fourth-order valence-corrected chi connectivity index (χ4v) is 1.06. The predicted molar refractivity (Wildman–Crippen MR) is 51.8 cm³/mol. The van der Waals surface area contributed by atoms with E-state index in [-0.39, 0.29) is 5.17 Å². The number of ether oxygens (including phenoxy) is 1. The van der Waals surface area contributed by atoms with Crippen molar-refractivity contribution in [3.05, 3.63) is 29.8 Å². The van der Waals surface area contributed by atoms with Crippen molar-refractivity contribution in [2.75, 3.05) is 6.61 Å². The molecule has 70 valence electrons. The van der Waals surface area contributed by atoms with Gasteiger partial charge >= 0.3 is 0 Å². The Labute approximate surface area is 81.6 Å². The van der Waals surface area contributed by atoms with Gasteiger partial charge in [0.05, 0.1) is 6.61 Å². The maximum absolute atomic E-state index is 8.42. The first kappa shape index (κ1) is 9.86. The molecule has 1 aromatic rings. The number of halogens is 1. The highest BCUT2D eigenvalue weighted by molar-refractivity contribution is 6.69. The van der Waals surface area contributed by atoms with E-state index in [4.69, 9.17) is 21.5 Å². The first-order chi connectivity index (χ1) is 6.27. The minimum absolute atomic E-state index is 0.0570. The van der Waals surface area contributed by atoms with Crippen LogP contribution in [-0.2, 0) is 0 Å². The van der Waals surface area contributed by atoms with Crippen LogP contribution in [0.3, 0.4) is 0 Å². The molecule has 1 N–H and O–H groups in total.